The van der Waals surface area contributed by atoms with E-state index in [2.05, 4.69) is 13.5 Å². The molecule has 1 fully saturated rings. The molecule has 1 rings (SSSR count). The van der Waals surface area contributed by atoms with Gasteiger partial charge in [-0.05, 0) is 12.5 Å². The van der Waals surface area contributed by atoms with Gasteiger partial charge in [0.1, 0.15) is 6.04 Å². The molecule has 0 N–H and O–H groups in total. The molecule has 0 aromatic carbocycles. The van der Waals surface area contributed by atoms with Crippen LogP contribution in [0.2, 0.25) is 0 Å². The summed E-state index contributed by atoms with van der Waals surface area (Å²) in [6.45, 7) is 6.44. The second-order valence-corrected chi connectivity index (χ2v) is 3.94. The van der Waals surface area contributed by atoms with Crippen molar-refractivity contribution in [2.75, 3.05) is 13.2 Å². The van der Waals surface area contributed by atoms with Gasteiger partial charge in [0.15, 0.2) is 0 Å². The van der Waals surface area contributed by atoms with E-state index in [1.165, 1.54) is 17.4 Å². The summed E-state index contributed by atoms with van der Waals surface area (Å²) in [6.07, 6.45) is 5.54. The minimum Gasteiger partial charge on any atom is -0.464 e. The van der Waals surface area contributed by atoms with Crippen molar-refractivity contribution in [3.63, 3.8) is 0 Å². The maximum atomic E-state index is 11.4. The number of hydrogen-bond donors (Lipinski definition) is 0. The van der Waals surface area contributed by atoms with Crippen molar-refractivity contribution in [1.29, 1.82) is 0 Å². The number of unbranched alkanes of at least 4 members (excludes halogenated alkanes) is 3. The third kappa shape index (κ3) is 3.68. The van der Waals surface area contributed by atoms with Crippen LogP contribution in [0.25, 0.3) is 0 Å². The van der Waals surface area contributed by atoms with E-state index in [0.29, 0.717) is 13.2 Å². The third-order valence-electron chi connectivity index (χ3n) is 2.58. The maximum Gasteiger partial charge on any atom is 0.330 e. The summed E-state index contributed by atoms with van der Waals surface area (Å²) in [6, 6.07) is -0.364. The fourth-order valence-corrected chi connectivity index (χ4v) is 1.50. The van der Waals surface area contributed by atoms with Crippen LogP contribution in [0.15, 0.2) is 12.7 Å². The lowest BCUT2D eigenvalue weighted by atomic mass is 10.2. The van der Waals surface area contributed by atoms with Gasteiger partial charge in [-0.25, -0.2) is 4.79 Å². The number of carbonyl (C=O) groups excluding carboxylic acids is 2. The van der Waals surface area contributed by atoms with Crippen LogP contribution in [0.4, 0.5) is 0 Å². The maximum absolute atomic E-state index is 11.4. The Bertz CT molecular complexity index is 275. The Labute approximate surface area is 96.3 Å². The molecule has 1 unspecified atom stereocenters. The average Bonchev–Trinajstić information content (AvgIpc) is 3.07. The highest BCUT2D eigenvalue weighted by Gasteiger charge is 2.44. The molecule has 16 heavy (non-hydrogen) atoms. The average molecular weight is 225 g/mol. The number of hydrogen-bond acceptors (Lipinski definition) is 3. The molecule has 0 aliphatic carbocycles. The lowest BCUT2D eigenvalue weighted by Crippen LogP contribution is -2.19. The number of nitrogens with zero attached hydrogens (tertiary/aromatic N) is 1. The second-order valence-electron chi connectivity index (χ2n) is 3.94. The van der Waals surface area contributed by atoms with Crippen LogP contribution < -0.4 is 0 Å². The van der Waals surface area contributed by atoms with Crippen LogP contribution in [0.1, 0.15) is 32.6 Å². The minimum absolute atomic E-state index is 0.201. The Morgan fingerprint density at radius 3 is 2.81 bits per heavy atom. The van der Waals surface area contributed by atoms with Gasteiger partial charge in [-0.3, -0.25) is 4.79 Å². The highest BCUT2D eigenvalue weighted by atomic mass is 16.5. The molecule has 1 aliphatic rings. The first-order chi connectivity index (χ1) is 7.70. The van der Waals surface area contributed by atoms with E-state index in [0.717, 1.165) is 19.3 Å². The summed E-state index contributed by atoms with van der Waals surface area (Å²) in [5.74, 6) is -0.486. The minimum atomic E-state index is -0.364. The molecule has 1 amide bonds. The molecule has 1 saturated heterocycles. The van der Waals surface area contributed by atoms with Crippen LogP contribution in [-0.4, -0.2) is 36.0 Å². The Hall–Kier alpha value is -1.32. The van der Waals surface area contributed by atoms with Crippen molar-refractivity contribution in [2.24, 2.45) is 0 Å². The fourth-order valence-electron chi connectivity index (χ4n) is 1.50. The Kier molecular flexibility index (Phi) is 5.02. The Morgan fingerprint density at radius 2 is 2.19 bits per heavy atom. The van der Waals surface area contributed by atoms with Crippen molar-refractivity contribution in [1.82, 2.24) is 4.90 Å². The summed E-state index contributed by atoms with van der Waals surface area (Å²) in [4.78, 5) is 24.0. The van der Waals surface area contributed by atoms with E-state index in [9.17, 15) is 9.59 Å². The smallest absolute Gasteiger partial charge is 0.330 e. The molecule has 0 saturated carbocycles. The summed E-state index contributed by atoms with van der Waals surface area (Å²) in [7, 11) is 0. The van der Waals surface area contributed by atoms with E-state index >= 15 is 0 Å². The van der Waals surface area contributed by atoms with Gasteiger partial charge in [0.2, 0.25) is 5.91 Å². The van der Waals surface area contributed by atoms with Gasteiger partial charge in [0.25, 0.3) is 0 Å². The van der Waals surface area contributed by atoms with Crippen LogP contribution in [0.5, 0.6) is 0 Å². The SMILES string of the molecule is C=CC(=O)N1CC1C(=O)OCCCCCC. The zero-order valence-electron chi connectivity index (χ0n) is 9.78. The van der Waals surface area contributed by atoms with Crippen molar-refractivity contribution in [3.05, 3.63) is 12.7 Å². The molecule has 4 nitrogen and oxygen atoms in total. The van der Waals surface area contributed by atoms with Crippen molar-refractivity contribution in [2.45, 2.75) is 38.6 Å². The molecule has 0 aromatic rings. The molecule has 0 spiro atoms. The summed E-state index contributed by atoms with van der Waals surface area (Å²) in [5.41, 5.74) is 0. The molecule has 4 heteroatoms. The van der Waals surface area contributed by atoms with Gasteiger partial charge in [-0.1, -0.05) is 32.8 Å². The van der Waals surface area contributed by atoms with Crippen molar-refractivity contribution >= 4 is 11.9 Å². The number of esters is 1. The Balaban J connectivity index is 2.09. The molecular weight excluding hydrogens is 206 g/mol. The highest BCUT2D eigenvalue weighted by molar-refractivity contribution is 5.95. The number of ether oxygens (including phenoxy) is 1. The number of carbonyl (C=O) groups is 2. The molecule has 0 bridgehead atoms. The summed E-state index contributed by atoms with van der Waals surface area (Å²) < 4.78 is 5.07. The van der Waals surface area contributed by atoms with Gasteiger partial charge in [0.05, 0.1) is 13.2 Å². The topological polar surface area (TPSA) is 46.4 Å². The van der Waals surface area contributed by atoms with Crippen LogP contribution in [0.3, 0.4) is 0 Å². The molecule has 0 radical (unpaired) electrons. The first-order valence-electron chi connectivity index (χ1n) is 5.80. The third-order valence-corrected chi connectivity index (χ3v) is 2.58. The van der Waals surface area contributed by atoms with E-state index in [1.807, 2.05) is 0 Å². The largest absolute Gasteiger partial charge is 0.464 e. The predicted octanol–water partition coefficient (Wildman–Crippen LogP) is 1.51. The Morgan fingerprint density at radius 1 is 1.44 bits per heavy atom. The van der Waals surface area contributed by atoms with Gasteiger partial charge < -0.3 is 9.64 Å². The lowest BCUT2D eigenvalue weighted by molar-refractivity contribution is -0.145. The second kappa shape index (κ2) is 6.30. The number of amides is 1. The van der Waals surface area contributed by atoms with E-state index in [-0.39, 0.29) is 17.9 Å². The molecular formula is C12H19NO3. The molecule has 0 aromatic heterocycles. The zero-order chi connectivity index (χ0) is 12.0. The molecule has 1 aliphatic heterocycles. The quantitative estimate of drug-likeness (QED) is 0.285. The first kappa shape index (κ1) is 12.7. The monoisotopic (exact) mass is 225 g/mol. The standard InChI is InChI=1S/C12H19NO3/c1-3-5-6-7-8-16-12(15)10-9-13(10)11(14)4-2/h4,10H,2-3,5-9H2,1H3. The van der Waals surface area contributed by atoms with Gasteiger partial charge in [-0.15, -0.1) is 0 Å². The van der Waals surface area contributed by atoms with E-state index in [4.69, 9.17) is 4.74 Å². The van der Waals surface area contributed by atoms with Crippen LogP contribution >= 0.6 is 0 Å². The van der Waals surface area contributed by atoms with Crippen molar-refractivity contribution < 1.29 is 14.3 Å². The normalized spacial score (nSPS) is 18.1. The summed E-state index contributed by atoms with van der Waals surface area (Å²) >= 11 is 0. The van der Waals surface area contributed by atoms with E-state index < -0.39 is 0 Å². The first-order valence-corrected chi connectivity index (χ1v) is 5.80. The van der Waals surface area contributed by atoms with Crippen molar-refractivity contribution in [3.8, 4) is 0 Å². The van der Waals surface area contributed by atoms with Gasteiger partial charge in [0, 0.05) is 0 Å². The molecule has 90 valence electrons. The highest BCUT2D eigenvalue weighted by Crippen LogP contribution is 2.19. The number of rotatable bonds is 7. The zero-order valence-corrected chi connectivity index (χ0v) is 9.78. The fraction of sp³-hybridized carbons (Fsp3) is 0.667. The lowest BCUT2D eigenvalue weighted by Gasteiger charge is -2.03. The van der Waals surface area contributed by atoms with E-state index in [1.54, 1.807) is 0 Å². The van der Waals surface area contributed by atoms with Gasteiger partial charge in [-0.2, -0.15) is 0 Å². The summed E-state index contributed by atoms with van der Waals surface area (Å²) in [5, 5.41) is 0. The predicted molar refractivity (Wildman–Crippen MR) is 60.8 cm³/mol. The van der Waals surface area contributed by atoms with Crippen LogP contribution in [0, 0.1) is 0 Å². The van der Waals surface area contributed by atoms with Crippen LogP contribution in [-0.2, 0) is 14.3 Å². The van der Waals surface area contributed by atoms with Gasteiger partial charge >= 0.3 is 5.97 Å². The molecule has 1 heterocycles. The molecule has 1 atom stereocenters.